The van der Waals surface area contributed by atoms with Crippen LogP contribution in [0.3, 0.4) is 0 Å². The molecule has 102 valence electrons. The summed E-state index contributed by atoms with van der Waals surface area (Å²) in [6.45, 7) is 8.45. The highest BCUT2D eigenvalue weighted by molar-refractivity contribution is 5.56. The van der Waals surface area contributed by atoms with Gasteiger partial charge in [0.05, 0.1) is 5.69 Å². The van der Waals surface area contributed by atoms with Crippen molar-refractivity contribution in [2.75, 3.05) is 5.32 Å². The lowest BCUT2D eigenvalue weighted by Gasteiger charge is -2.34. The van der Waals surface area contributed by atoms with Crippen LogP contribution in [-0.4, -0.2) is 16.2 Å². The molecule has 1 saturated carbocycles. The molecule has 0 unspecified atom stereocenters. The number of aryl methyl sites for hydroxylation is 1. The fourth-order valence-electron chi connectivity index (χ4n) is 2.58. The third kappa shape index (κ3) is 3.04. The van der Waals surface area contributed by atoms with Crippen molar-refractivity contribution >= 4 is 5.82 Å². The minimum absolute atomic E-state index is 0.413. The minimum Gasteiger partial charge on any atom is -0.365 e. The predicted octanol–water partition coefficient (Wildman–Crippen LogP) is 3.35. The number of hydrogen-bond donors (Lipinski definition) is 1. The Labute approximate surface area is 115 Å². The Bertz CT molecular complexity index is 504. The Morgan fingerprint density at radius 1 is 1.21 bits per heavy atom. The predicted molar refractivity (Wildman–Crippen MR) is 75.9 cm³/mol. The van der Waals surface area contributed by atoms with Crippen LogP contribution in [0.1, 0.15) is 56.4 Å². The third-order valence-corrected chi connectivity index (χ3v) is 4.25. The third-order valence-electron chi connectivity index (χ3n) is 4.25. The van der Waals surface area contributed by atoms with Gasteiger partial charge < -0.3 is 5.32 Å². The molecule has 1 aromatic heterocycles. The highest BCUT2D eigenvalue weighted by Gasteiger charge is 2.27. The number of rotatable bonds is 2. The lowest BCUT2D eigenvalue weighted by molar-refractivity contribution is 0.232. The summed E-state index contributed by atoms with van der Waals surface area (Å²) in [5.74, 6) is 0.648. The second kappa shape index (κ2) is 5.16. The topological polar surface area (TPSA) is 61.6 Å². The van der Waals surface area contributed by atoms with Crippen LogP contribution in [0.15, 0.2) is 0 Å². The summed E-state index contributed by atoms with van der Waals surface area (Å²) in [5, 5.41) is 21.0. The van der Waals surface area contributed by atoms with E-state index in [1.807, 2.05) is 13.8 Å². The number of anilines is 1. The van der Waals surface area contributed by atoms with Gasteiger partial charge in [-0.3, -0.25) is 0 Å². The molecule has 1 aliphatic rings. The average Bonchev–Trinajstić information content (AvgIpc) is 2.37. The van der Waals surface area contributed by atoms with E-state index in [4.69, 9.17) is 0 Å². The molecule has 4 heteroatoms. The zero-order valence-electron chi connectivity index (χ0n) is 12.2. The van der Waals surface area contributed by atoms with Crippen LogP contribution < -0.4 is 5.32 Å². The van der Waals surface area contributed by atoms with Crippen molar-refractivity contribution < 1.29 is 0 Å². The van der Waals surface area contributed by atoms with Crippen molar-refractivity contribution in [2.45, 2.75) is 59.4 Å². The van der Waals surface area contributed by atoms with Crippen LogP contribution in [0.5, 0.6) is 0 Å². The van der Waals surface area contributed by atoms with Gasteiger partial charge in [0.25, 0.3) is 0 Å². The summed E-state index contributed by atoms with van der Waals surface area (Å²) in [4.78, 5) is 0. The van der Waals surface area contributed by atoms with Gasteiger partial charge in [-0.2, -0.15) is 10.4 Å². The van der Waals surface area contributed by atoms with E-state index in [2.05, 4.69) is 35.4 Å². The molecule has 0 radical (unpaired) electrons. The van der Waals surface area contributed by atoms with Crippen molar-refractivity contribution in [3.05, 3.63) is 16.8 Å². The monoisotopic (exact) mass is 258 g/mol. The Hall–Kier alpha value is -1.63. The number of nitriles is 1. The summed E-state index contributed by atoms with van der Waals surface area (Å²) < 4.78 is 0. The van der Waals surface area contributed by atoms with Crippen molar-refractivity contribution in [3.8, 4) is 6.07 Å². The first-order chi connectivity index (χ1) is 8.93. The molecule has 4 nitrogen and oxygen atoms in total. The SMILES string of the molecule is Cc1nnc(NC2CCC(C)(C)CC2)c(C#N)c1C. The normalized spacial score (nSPS) is 18.9. The van der Waals surface area contributed by atoms with E-state index in [1.165, 1.54) is 12.8 Å². The van der Waals surface area contributed by atoms with E-state index < -0.39 is 0 Å². The first kappa shape index (κ1) is 13.8. The molecule has 1 aromatic rings. The highest BCUT2D eigenvalue weighted by Crippen LogP contribution is 2.36. The summed E-state index contributed by atoms with van der Waals surface area (Å²) in [6, 6.07) is 2.66. The van der Waals surface area contributed by atoms with Gasteiger partial charge in [0.1, 0.15) is 11.6 Å². The van der Waals surface area contributed by atoms with Crippen LogP contribution in [0, 0.1) is 30.6 Å². The van der Waals surface area contributed by atoms with Crippen LogP contribution >= 0.6 is 0 Å². The lowest BCUT2D eigenvalue weighted by atomic mass is 9.75. The maximum absolute atomic E-state index is 9.28. The number of nitrogens with one attached hydrogen (secondary N) is 1. The van der Waals surface area contributed by atoms with E-state index in [0.29, 0.717) is 22.8 Å². The van der Waals surface area contributed by atoms with Gasteiger partial charge in [0.2, 0.25) is 0 Å². The van der Waals surface area contributed by atoms with E-state index >= 15 is 0 Å². The van der Waals surface area contributed by atoms with Gasteiger partial charge in [0, 0.05) is 6.04 Å². The van der Waals surface area contributed by atoms with Gasteiger partial charge in [-0.05, 0) is 50.5 Å². The van der Waals surface area contributed by atoms with E-state index in [1.54, 1.807) is 0 Å². The molecule has 0 atom stereocenters. The first-order valence-electron chi connectivity index (χ1n) is 6.93. The fraction of sp³-hybridized carbons (Fsp3) is 0.667. The van der Waals surface area contributed by atoms with Crippen LogP contribution in [0.2, 0.25) is 0 Å². The molecule has 1 heterocycles. The largest absolute Gasteiger partial charge is 0.365 e. The zero-order chi connectivity index (χ0) is 14.0. The van der Waals surface area contributed by atoms with Crippen molar-refractivity contribution in [1.29, 1.82) is 5.26 Å². The molecule has 1 N–H and O–H groups in total. The molecule has 0 spiro atoms. The van der Waals surface area contributed by atoms with Crippen LogP contribution in [0.4, 0.5) is 5.82 Å². The Kier molecular flexibility index (Phi) is 3.75. The molecule has 0 saturated heterocycles. The Balaban J connectivity index is 2.13. The van der Waals surface area contributed by atoms with Gasteiger partial charge in [0.15, 0.2) is 5.82 Å². The lowest BCUT2D eigenvalue weighted by Crippen LogP contribution is -2.30. The van der Waals surface area contributed by atoms with E-state index in [0.717, 1.165) is 24.1 Å². The second-order valence-electron chi connectivity index (χ2n) is 6.33. The summed E-state index contributed by atoms with van der Waals surface area (Å²) in [6.07, 6.45) is 4.69. The second-order valence-corrected chi connectivity index (χ2v) is 6.33. The van der Waals surface area contributed by atoms with Crippen LogP contribution in [0.25, 0.3) is 0 Å². The van der Waals surface area contributed by atoms with Gasteiger partial charge in [-0.1, -0.05) is 13.8 Å². The Morgan fingerprint density at radius 3 is 2.42 bits per heavy atom. The van der Waals surface area contributed by atoms with Crippen molar-refractivity contribution in [3.63, 3.8) is 0 Å². The summed E-state index contributed by atoms with van der Waals surface area (Å²) in [5.41, 5.74) is 2.84. The molecule has 0 amide bonds. The highest BCUT2D eigenvalue weighted by atomic mass is 15.2. The standard InChI is InChI=1S/C15H22N4/c1-10-11(2)18-19-14(13(10)9-16)17-12-5-7-15(3,4)8-6-12/h12H,5-8H2,1-4H3,(H,17,19). The number of nitrogens with zero attached hydrogens (tertiary/aromatic N) is 3. The zero-order valence-corrected chi connectivity index (χ0v) is 12.2. The van der Waals surface area contributed by atoms with E-state index in [-0.39, 0.29) is 0 Å². The molecular weight excluding hydrogens is 236 g/mol. The summed E-state index contributed by atoms with van der Waals surface area (Å²) >= 11 is 0. The minimum atomic E-state index is 0.413. The fourth-order valence-corrected chi connectivity index (χ4v) is 2.58. The Morgan fingerprint density at radius 2 is 1.84 bits per heavy atom. The molecule has 19 heavy (non-hydrogen) atoms. The van der Waals surface area contributed by atoms with Gasteiger partial charge in [-0.25, -0.2) is 0 Å². The van der Waals surface area contributed by atoms with Crippen molar-refractivity contribution in [1.82, 2.24) is 10.2 Å². The molecule has 2 rings (SSSR count). The molecule has 1 aliphatic carbocycles. The number of aromatic nitrogens is 2. The molecule has 0 aromatic carbocycles. The summed E-state index contributed by atoms with van der Waals surface area (Å²) in [7, 11) is 0. The molecular formula is C15H22N4. The maximum Gasteiger partial charge on any atom is 0.167 e. The van der Waals surface area contributed by atoms with Gasteiger partial charge >= 0.3 is 0 Å². The van der Waals surface area contributed by atoms with Crippen LogP contribution in [-0.2, 0) is 0 Å². The smallest absolute Gasteiger partial charge is 0.167 e. The molecule has 0 bridgehead atoms. The first-order valence-corrected chi connectivity index (χ1v) is 6.93. The van der Waals surface area contributed by atoms with Crippen molar-refractivity contribution in [2.24, 2.45) is 5.41 Å². The average molecular weight is 258 g/mol. The maximum atomic E-state index is 9.28. The van der Waals surface area contributed by atoms with Gasteiger partial charge in [-0.15, -0.1) is 5.10 Å². The number of hydrogen-bond acceptors (Lipinski definition) is 4. The molecule has 1 fully saturated rings. The quantitative estimate of drug-likeness (QED) is 0.883. The van der Waals surface area contributed by atoms with E-state index in [9.17, 15) is 5.26 Å². The molecule has 0 aliphatic heterocycles.